The fourth-order valence-corrected chi connectivity index (χ4v) is 3.45. The second-order valence-electron chi connectivity index (χ2n) is 7.12. The van der Waals surface area contributed by atoms with Crippen molar-refractivity contribution in [2.75, 3.05) is 5.32 Å². The molecule has 5 nitrogen and oxygen atoms in total. The predicted octanol–water partition coefficient (Wildman–Crippen LogP) is 3.82. The van der Waals surface area contributed by atoms with Crippen LogP contribution in [0.3, 0.4) is 0 Å². The molecule has 2 aromatic rings. The Bertz CT molecular complexity index is 773. The number of benzene rings is 1. The van der Waals surface area contributed by atoms with E-state index < -0.39 is 0 Å². The average Bonchev–Trinajstić information content (AvgIpc) is 3.22. The number of hydrogen-bond acceptors (Lipinski definition) is 3. The van der Waals surface area contributed by atoms with Crippen molar-refractivity contribution >= 4 is 36.5 Å². The van der Waals surface area contributed by atoms with Crippen molar-refractivity contribution in [1.82, 2.24) is 15.1 Å². The molecule has 1 amide bonds. The second-order valence-corrected chi connectivity index (χ2v) is 7.12. The van der Waals surface area contributed by atoms with Gasteiger partial charge < -0.3 is 10.6 Å². The van der Waals surface area contributed by atoms with Gasteiger partial charge >= 0.3 is 0 Å². The summed E-state index contributed by atoms with van der Waals surface area (Å²) in [5, 5.41) is 10.9. The third kappa shape index (κ3) is 4.40. The highest BCUT2D eigenvalue weighted by molar-refractivity contribution is 6.04. The minimum Gasteiger partial charge on any atom is -0.311 e. The third-order valence-electron chi connectivity index (χ3n) is 5.17. The lowest BCUT2D eigenvalue weighted by molar-refractivity contribution is 0.102. The molecule has 7 heteroatoms. The molecule has 2 unspecified atom stereocenters. The van der Waals surface area contributed by atoms with Crippen molar-refractivity contribution in [3.05, 3.63) is 47.2 Å². The summed E-state index contributed by atoms with van der Waals surface area (Å²) >= 11 is 0. The number of nitrogens with zero attached hydrogens (tertiary/aromatic N) is 2. The van der Waals surface area contributed by atoms with Crippen LogP contribution >= 0.6 is 24.8 Å². The van der Waals surface area contributed by atoms with Crippen molar-refractivity contribution in [2.24, 2.45) is 7.05 Å². The van der Waals surface area contributed by atoms with E-state index in [1.165, 1.54) is 31.2 Å². The number of hydrogen-bond donors (Lipinski definition) is 2. The van der Waals surface area contributed by atoms with E-state index in [1.807, 2.05) is 38.2 Å². The monoisotopic (exact) mass is 396 g/mol. The molecule has 1 aromatic heterocycles. The minimum absolute atomic E-state index is 0. The molecule has 0 aliphatic heterocycles. The maximum Gasteiger partial charge on any atom is 0.256 e. The Balaban J connectivity index is 0.00000121. The Morgan fingerprint density at radius 1 is 1.23 bits per heavy atom. The van der Waals surface area contributed by atoms with Gasteiger partial charge in [-0.15, -0.1) is 24.8 Å². The summed E-state index contributed by atoms with van der Waals surface area (Å²) in [6.07, 6.45) is 5.17. The van der Waals surface area contributed by atoms with Crippen LogP contribution in [0, 0.1) is 6.92 Å². The lowest BCUT2D eigenvalue weighted by Gasteiger charge is -2.26. The minimum atomic E-state index is -0.0796. The highest BCUT2D eigenvalue weighted by Gasteiger charge is 2.40. The Morgan fingerprint density at radius 2 is 2.00 bits per heavy atom. The van der Waals surface area contributed by atoms with Gasteiger partial charge in [0.1, 0.15) is 5.82 Å². The van der Waals surface area contributed by atoms with Crippen molar-refractivity contribution < 1.29 is 4.79 Å². The zero-order valence-corrected chi connectivity index (χ0v) is 16.7. The molecule has 0 bridgehead atoms. The summed E-state index contributed by atoms with van der Waals surface area (Å²) in [7, 11) is 1.83. The maximum absolute atomic E-state index is 12.5. The highest BCUT2D eigenvalue weighted by Crippen LogP contribution is 2.42. The molecule has 0 saturated heterocycles. The predicted molar refractivity (Wildman–Crippen MR) is 109 cm³/mol. The van der Waals surface area contributed by atoms with Gasteiger partial charge in [-0.05, 0) is 43.9 Å². The molecular formula is C19H26Cl2N4O. The van der Waals surface area contributed by atoms with Gasteiger partial charge in [-0.2, -0.15) is 5.10 Å². The average molecular weight is 397 g/mol. The van der Waals surface area contributed by atoms with Crippen LogP contribution in [-0.2, 0) is 7.05 Å². The van der Waals surface area contributed by atoms with E-state index >= 15 is 0 Å². The first kappa shape index (κ1) is 20.7. The van der Waals surface area contributed by atoms with Crippen molar-refractivity contribution in [3.63, 3.8) is 0 Å². The van der Waals surface area contributed by atoms with Crippen LogP contribution < -0.4 is 10.6 Å². The molecule has 2 atom stereocenters. The molecule has 1 aromatic carbocycles. The first-order valence-corrected chi connectivity index (χ1v) is 8.78. The van der Waals surface area contributed by atoms with E-state index in [-0.39, 0.29) is 30.7 Å². The Morgan fingerprint density at radius 3 is 2.62 bits per heavy atom. The van der Waals surface area contributed by atoms with Crippen molar-refractivity contribution in [2.45, 2.75) is 50.6 Å². The largest absolute Gasteiger partial charge is 0.311 e. The second kappa shape index (κ2) is 8.42. The number of nitrogens with one attached hydrogen (secondary N) is 2. The number of aromatic nitrogens is 2. The first-order valence-electron chi connectivity index (χ1n) is 8.78. The quantitative estimate of drug-likeness (QED) is 0.807. The van der Waals surface area contributed by atoms with E-state index in [2.05, 4.69) is 21.8 Å². The molecule has 2 aliphatic rings. The number of anilines is 1. The van der Waals surface area contributed by atoms with E-state index in [4.69, 9.17) is 0 Å². The molecule has 2 N–H and O–H groups in total. The van der Waals surface area contributed by atoms with E-state index in [0.717, 1.165) is 17.6 Å². The van der Waals surface area contributed by atoms with Crippen LogP contribution in [-0.4, -0.2) is 27.8 Å². The Hall–Kier alpha value is -1.56. The molecule has 2 fully saturated rings. The van der Waals surface area contributed by atoms with E-state index in [1.54, 1.807) is 4.68 Å². The Labute approximate surface area is 166 Å². The molecule has 2 aliphatic carbocycles. The summed E-state index contributed by atoms with van der Waals surface area (Å²) in [4.78, 5) is 12.5. The van der Waals surface area contributed by atoms with Crippen LogP contribution in [0.25, 0.3) is 0 Å². The SMILES string of the molecule is Cc1cc(NC(=O)c2cccc(C3CC3NC3CCC3)c2)n(C)n1.Cl.Cl. The lowest BCUT2D eigenvalue weighted by atomic mass is 9.93. The van der Waals surface area contributed by atoms with Crippen molar-refractivity contribution in [3.8, 4) is 0 Å². The number of amides is 1. The summed E-state index contributed by atoms with van der Waals surface area (Å²) in [6.45, 7) is 1.92. The molecule has 4 rings (SSSR count). The molecule has 142 valence electrons. The molecule has 1 heterocycles. The first-order chi connectivity index (χ1) is 11.6. The van der Waals surface area contributed by atoms with Crippen LogP contribution in [0.5, 0.6) is 0 Å². The van der Waals surface area contributed by atoms with Gasteiger partial charge in [0.2, 0.25) is 0 Å². The van der Waals surface area contributed by atoms with Gasteiger partial charge in [0, 0.05) is 36.7 Å². The smallest absolute Gasteiger partial charge is 0.256 e. The summed E-state index contributed by atoms with van der Waals surface area (Å²) in [5.74, 6) is 1.19. The van der Waals surface area contributed by atoms with Gasteiger partial charge in [-0.25, -0.2) is 0 Å². The summed E-state index contributed by atoms with van der Waals surface area (Å²) in [5.41, 5.74) is 2.87. The molecule has 0 spiro atoms. The third-order valence-corrected chi connectivity index (χ3v) is 5.17. The maximum atomic E-state index is 12.5. The topological polar surface area (TPSA) is 59.0 Å². The zero-order valence-electron chi connectivity index (χ0n) is 15.1. The number of carbonyl (C=O) groups is 1. The van der Waals surface area contributed by atoms with Gasteiger partial charge in [0.15, 0.2) is 0 Å². The van der Waals surface area contributed by atoms with Gasteiger partial charge in [-0.1, -0.05) is 18.6 Å². The van der Waals surface area contributed by atoms with Gasteiger partial charge in [-0.3, -0.25) is 9.48 Å². The number of aryl methyl sites for hydroxylation is 2. The molecular weight excluding hydrogens is 371 g/mol. The highest BCUT2D eigenvalue weighted by atomic mass is 35.5. The van der Waals surface area contributed by atoms with E-state index in [9.17, 15) is 4.79 Å². The molecule has 2 saturated carbocycles. The lowest BCUT2D eigenvalue weighted by Crippen LogP contribution is -2.37. The van der Waals surface area contributed by atoms with Crippen LogP contribution in [0.2, 0.25) is 0 Å². The van der Waals surface area contributed by atoms with Gasteiger partial charge in [0.05, 0.1) is 5.69 Å². The fourth-order valence-electron chi connectivity index (χ4n) is 3.45. The van der Waals surface area contributed by atoms with Crippen LogP contribution in [0.15, 0.2) is 30.3 Å². The Kier molecular flexibility index (Phi) is 6.72. The molecule has 0 radical (unpaired) electrons. The molecule has 26 heavy (non-hydrogen) atoms. The van der Waals surface area contributed by atoms with Gasteiger partial charge in [0.25, 0.3) is 5.91 Å². The number of carbonyl (C=O) groups excluding carboxylic acids is 1. The van der Waals surface area contributed by atoms with Crippen LogP contribution in [0.4, 0.5) is 5.82 Å². The fraction of sp³-hybridized carbons (Fsp3) is 0.474. The van der Waals surface area contributed by atoms with Crippen LogP contribution in [0.1, 0.15) is 53.2 Å². The number of rotatable bonds is 5. The summed E-state index contributed by atoms with van der Waals surface area (Å²) in [6, 6.07) is 11.2. The van der Waals surface area contributed by atoms with Crippen molar-refractivity contribution in [1.29, 1.82) is 0 Å². The zero-order chi connectivity index (χ0) is 16.7. The normalized spacial score (nSPS) is 21.2. The number of halogens is 2. The van der Waals surface area contributed by atoms with E-state index in [0.29, 0.717) is 17.5 Å². The summed E-state index contributed by atoms with van der Waals surface area (Å²) < 4.78 is 1.69. The standard InChI is InChI=1S/C19H24N4O.2ClH/c1-12-9-18(23(2)22-12)21-19(24)14-6-3-5-13(10-14)16-11-17(16)20-15-7-4-8-15;;/h3,5-6,9-10,15-17,20H,4,7-8,11H2,1-2H3,(H,21,24);2*1H.